The van der Waals surface area contributed by atoms with Crippen LogP contribution in [0.3, 0.4) is 0 Å². The molecule has 2 amide bonds. The van der Waals surface area contributed by atoms with Crippen molar-refractivity contribution >= 4 is 11.8 Å². The number of piperidine rings is 1. The molecule has 0 aromatic carbocycles. The second kappa shape index (κ2) is 6.82. The molecule has 2 unspecified atom stereocenters. The molecule has 2 atom stereocenters. The molecule has 1 aliphatic heterocycles. The van der Waals surface area contributed by atoms with E-state index in [2.05, 4.69) is 10.5 Å². The predicted octanol–water partition coefficient (Wildman–Crippen LogP) is 2.22. The Labute approximate surface area is 137 Å². The molecular formula is C15H20F3N3O3. The van der Waals surface area contributed by atoms with Gasteiger partial charge < -0.3 is 14.7 Å². The average Bonchev–Trinajstić information content (AvgIpc) is 2.86. The molecule has 134 valence electrons. The van der Waals surface area contributed by atoms with Crippen LogP contribution in [0.1, 0.15) is 48.5 Å². The summed E-state index contributed by atoms with van der Waals surface area (Å²) >= 11 is 0. The molecule has 1 aliphatic rings. The van der Waals surface area contributed by atoms with Crippen LogP contribution in [-0.2, 0) is 11.2 Å². The first-order valence-electron chi connectivity index (χ1n) is 7.75. The zero-order valence-electron chi connectivity index (χ0n) is 13.7. The van der Waals surface area contributed by atoms with Crippen molar-refractivity contribution in [3.63, 3.8) is 0 Å². The van der Waals surface area contributed by atoms with Crippen LogP contribution >= 0.6 is 0 Å². The molecule has 24 heavy (non-hydrogen) atoms. The standard InChI is InChI=1S/C15H20F3N3O3/c1-4-11-13(8(2)20-24-11)14(23)19-10-5-6-12(15(16,17)18)21(7-10)9(3)22/h10,12H,4-7H2,1-3H3,(H,19,23). The number of carbonyl (C=O) groups is 2. The third-order valence-electron chi connectivity index (χ3n) is 4.18. The fourth-order valence-corrected chi connectivity index (χ4v) is 2.98. The Morgan fingerprint density at radius 3 is 2.58 bits per heavy atom. The smallest absolute Gasteiger partial charge is 0.360 e. The van der Waals surface area contributed by atoms with Crippen LogP contribution in [0.4, 0.5) is 13.2 Å². The van der Waals surface area contributed by atoms with Gasteiger partial charge in [-0.1, -0.05) is 12.1 Å². The Hall–Kier alpha value is -2.06. The Bertz CT molecular complexity index is 627. The van der Waals surface area contributed by atoms with E-state index in [-0.39, 0.29) is 19.4 Å². The fourth-order valence-electron chi connectivity index (χ4n) is 2.98. The summed E-state index contributed by atoms with van der Waals surface area (Å²) in [4.78, 5) is 24.7. The number of hydrogen-bond acceptors (Lipinski definition) is 4. The lowest BCUT2D eigenvalue weighted by molar-refractivity contribution is -0.196. The van der Waals surface area contributed by atoms with Gasteiger partial charge in [0.2, 0.25) is 5.91 Å². The first-order chi connectivity index (χ1) is 11.1. The summed E-state index contributed by atoms with van der Waals surface area (Å²) in [5, 5.41) is 6.43. The van der Waals surface area contributed by atoms with Gasteiger partial charge in [-0.25, -0.2) is 0 Å². The van der Waals surface area contributed by atoms with Crippen LogP contribution in [-0.4, -0.2) is 46.7 Å². The summed E-state index contributed by atoms with van der Waals surface area (Å²) < 4.78 is 44.1. The predicted molar refractivity (Wildman–Crippen MR) is 78.3 cm³/mol. The number of nitrogens with zero attached hydrogens (tertiary/aromatic N) is 2. The Balaban J connectivity index is 2.10. The zero-order valence-corrected chi connectivity index (χ0v) is 13.7. The highest BCUT2D eigenvalue weighted by Crippen LogP contribution is 2.32. The normalized spacial score (nSPS) is 21.7. The molecule has 0 aliphatic carbocycles. The summed E-state index contributed by atoms with van der Waals surface area (Å²) in [5.41, 5.74) is 0.738. The van der Waals surface area contributed by atoms with E-state index >= 15 is 0 Å². The minimum Gasteiger partial charge on any atom is -0.360 e. The number of hydrogen-bond donors (Lipinski definition) is 1. The fraction of sp³-hybridized carbons (Fsp3) is 0.667. The maximum atomic E-state index is 13.0. The number of rotatable bonds is 3. The topological polar surface area (TPSA) is 75.4 Å². The third kappa shape index (κ3) is 3.70. The largest absolute Gasteiger partial charge is 0.408 e. The van der Waals surface area contributed by atoms with Gasteiger partial charge in [0.05, 0.1) is 5.69 Å². The maximum absolute atomic E-state index is 13.0. The van der Waals surface area contributed by atoms with Crippen molar-refractivity contribution < 1.29 is 27.3 Å². The van der Waals surface area contributed by atoms with Crippen molar-refractivity contribution in [1.29, 1.82) is 0 Å². The molecular weight excluding hydrogens is 327 g/mol. The number of likely N-dealkylation sites (tertiary alicyclic amines) is 1. The second-order valence-electron chi connectivity index (χ2n) is 5.90. The molecule has 9 heteroatoms. The lowest BCUT2D eigenvalue weighted by Crippen LogP contribution is -2.57. The summed E-state index contributed by atoms with van der Waals surface area (Å²) in [6.45, 7) is 4.36. The van der Waals surface area contributed by atoms with Crippen molar-refractivity contribution in [2.75, 3.05) is 6.54 Å². The molecule has 2 heterocycles. The first kappa shape index (κ1) is 18.3. The molecule has 1 aromatic heterocycles. The van der Waals surface area contributed by atoms with Gasteiger partial charge in [0, 0.05) is 25.9 Å². The van der Waals surface area contributed by atoms with Gasteiger partial charge in [-0.05, 0) is 19.8 Å². The number of nitrogens with one attached hydrogen (secondary N) is 1. The molecule has 0 saturated carbocycles. The monoisotopic (exact) mass is 347 g/mol. The lowest BCUT2D eigenvalue weighted by atomic mass is 9.97. The van der Waals surface area contributed by atoms with Gasteiger partial charge in [0.25, 0.3) is 5.91 Å². The number of carbonyl (C=O) groups excluding carboxylic acids is 2. The van der Waals surface area contributed by atoms with E-state index in [0.717, 1.165) is 11.8 Å². The number of alkyl halides is 3. The molecule has 1 N–H and O–H groups in total. The molecule has 1 fully saturated rings. The molecule has 1 aromatic rings. The van der Waals surface area contributed by atoms with Gasteiger partial charge in [-0.2, -0.15) is 13.2 Å². The quantitative estimate of drug-likeness (QED) is 0.910. The van der Waals surface area contributed by atoms with E-state index in [1.807, 2.05) is 6.92 Å². The molecule has 0 radical (unpaired) electrons. The van der Waals surface area contributed by atoms with Crippen molar-refractivity contribution in [3.8, 4) is 0 Å². The van der Waals surface area contributed by atoms with Gasteiger partial charge >= 0.3 is 6.18 Å². The summed E-state index contributed by atoms with van der Waals surface area (Å²) in [6, 6.07) is -2.34. The maximum Gasteiger partial charge on any atom is 0.408 e. The SMILES string of the molecule is CCc1onc(C)c1C(=O)NC1CCC(C(F)(F)F)N(C(C)=O)C1. The van der Waals surface area contributed by atoms with E-state index in [9.17, 15) is 22.8 Å². The van der Waals surface area contributed by atoms with E-state index in [0.29, 0.717) is 23.4 Å². The summed E-state index contributed by atoms with van der Waals surface area (Å²) in [5.74, 6) is -0.673. The van der Waals surface area contributed by atoms with Crippen molar-refractivity contribution in [2.45, 2.75) is 58.3 Å². The molecule has 2 rings (SSSR count). The van der Waals surface area contributed by atoms with E-state index in [4.69, 9.17) is 4.52 Å². The lowest BCUT2D eigenvalue weighted by Gasteiger charge is -2.40. The molecule has 0 spiro atoms. The van der Waals surface area contributed by atoms with E-state index in [1.54, 1.807) is 6.92 Å². The number of aromatic nitrogens is 1. The number of amides is 2. The third-order valence-corrected chi connectivity index (χ3v) is 4.18. The summed E-state index contributed by atoms with van der Waals surface area (Å²) in [7, 11) is 0. The van der Waals surface area contributed by atoms with Crippen LogP contribution in [0, 0.1) is 6.92 Å². The Morgan fingerprint density at radius 1 is 1.38 bits per heavy atom. The van der Waals surface area contributed by atoms with Crippen molar-refractivity contribution in [3.05, 3.63) is 17.0 Å². The number of halogens is 3. The van der Waals surface area contributed by atoms with E-state index < -0.39 is 30.1 Å². The van der Waals surface area contributed by atoms with Crippen LogP contribution in [0.2, 0.25) is 0 Å². The van der Waals surface area contributed by atoms with Crippen LogP contribution in [0.25, 0.3) is 0 Å². The van der Waals surface area contributed by atoms with Crippen LogP contribution < -0.4 is 5.32 Å². The minimum absolute atomic E-state index is 0.144. The van der Waals surface area contributed by atoms with Crippen molar-refractivity contribution in [1.82, 2.24) is 15.4 Å². The Morgan fingerprint density at radius 2 is 2.04 bits per heavy atom. The van der Waals surface area contributed by atoms with Crippen LogP contribution in [0.15, 0.2) is 4.52 Å². The first-order valence-corrected chi connectivity index (χ1v) is 7.75. The second-order valence-corrected chi connectivity index (χ2v) is 5.90. The zero-order chi connectivity index (χ0) is 18.1. The van der Waals surface area contributed by atoms with Crippen molar-refractivity contribution in [2.24, 2.45) is 0 Å². The number of aryl methyl sites for hydroxylation is 2. The molecule has 1 saturated heterocycles. The highest BCUT2D eigenvalue weighted by molar-refractivity contribution is 5.96. The van der Waals surface area contributed by atoms with Gasteiger partial charge in [-0.3, -0.25) is 9.59 Å². The highest BCUT2D eigenvalue weighted by Gasteiger charge is 2.47. The van der Waals surface area contributed by atoms with Gasteiger partial charge in [0.1, 0.15) is 17.4 Å². The summed E-state index contributed by atoms with van der Waals surface area (Å²) in [6.07, 6.45) is -4.09. The highest BCUT2D eigenvalue weighted by atomic mass is 19.4. The van der Waals surface area contributed by atoms with Gasteiger partial charge in [0.15, 0.2) is 0 Å². The van der Waals surface area contributed by atoms with Crippen LogP contribution in [0.5, 0.6) is 0 Å². The Kier molecular flexibility index (Phi) is 5.19. The molecule has 6 nitrogen and oxygen atoms in total. The average molecular weight is 347 g/mol. The van der Waals surface area contributed by atoms with E-state index in [1.165, 1.54) is 0 Å². The molecule has 0 bridgehead atoms. The minimum atomic E-state index is -4.47. The van der Waals surface area contributed by atoms with Gasteiger partial charge in [-0.15, -0.1) is 0 Å².